The van der Waals surface area contributed by atoms with E-state index in [0.717, 1.165) is 0 Å². The van der Waals surface area contributed by atoms with E-state index in [0.29, 0.717) is 0 Å². The molecule has 0 aliphatic rings. The van der Waals surface area contributed by atoms with Crippen molar-refractivity contribution in [2.75, 3.05) is 0 Å². The number of benzene rings is 9. The van der Waals surface area contributed by atoms with E-state index >= 15 is 0 Å². The Labute approximate surface area is 329 Å². The molecule has 0 amide bonds. The van der Waals surface area contributed by atoms with Gasteiger partial charge in [0.25, 0.3) is 0 Å². The summed E-state index contributed by atoms with van der Waals surface area (Å²) in [5, 5.41) is 21.6. The zero-order valence-corrected chi connectivity index (χ0v) is 34.2. The van der Waals surface area contributed by atoms with Crippen LogP contribution in [0.2, 0.25) is 0 Å². The van der Waals surface area contributed by atoms with Crippen molar-refractivity contribution in [1.82, 2.24) is 0 Å². The van der Waals surface area contributed by atoms with Crippen LogP contribution < -0.4 is 0 Å². The summed E-state index contributed by atoms with van der Waals surface area (Å²) in [5.41, 5.74) is 19.5. The molecular formula is C56H46. The highest BCUT2D eigenvalue weighted by atomic mass is 14.3. The second kappa shape index (κ2) is 11.3. The third-order valence-corrected chi connectivity index (χ3v) is 14.9. The molecule has 0 fully saturated rings. The van der Waals surface area contributed by atoms with Gasteiger partial charge in [0.2, 0.25) is 0 Å². The molecule has 0 aromatic heterocycles. The zero-order chi connectivity index (χ0) is 38.6. The molecule has 0 spiro atoms. The van der Waals surface area contributed by atoms with Gasteiger partial charge in [0.1, 0.15) is 0 Å². The summed E-state index contributed by atoms with van der Waals surface area (Å²) in [5.74, 6) is 0. The summed E-state index contributed by atoms with van der Waals surface area (Å²) in [6.45, 7) is 23.4. The summed E-state index contributed by atoms with van der Waals surface area (Å²) >= 11 is 0. The third kappa shape index (κ3) is 3.99. The third-order valence-electron chi connectivity index (χ3n) is 14.9. The molecule has 0 saturated heterocycles. The lowest BCUT2D eigenvalue weighted by molar-refractivity contribution is 1.18. The average molecular weight is 719 g/mol. The minimum atomic E-state index is 1.29. The maximum atomic E-state index is 2.60. The van der Waals surface area contributed by atoms with Crippen molar-refractivity contribution in [1.29, 1.82) is 0 Å². The summed E-state index contributed by atoms with van der Waals surface area (Å²) in [6, 6.07) is 37.5. The standard InChI is InChI=1S/C56H46/c1-27-29(3)33(7)49(34(8)30(27)4)54-46-25-44-41-20-13-17-37-18-14-21-42(51(37)41)45(44)26-47(46)55(50-35(9)31(5)28(2)32(6)36(50)10)56-48-24-38-16-11-12-19-39(38)40-22-15-23-43(52(40)48)53(54)56/h11-26H,1-10H3. The predicted octanol–water partition coefficient (Wildman–Crippen LogP) is 16.2. The largest absolute Gasteiger partial charge is 0.0616 e. The Morgan fingerprint density at radius 2 is 0.589 bits per heavy atom. The van der Waals surface area contributed by atoms with Crippen LogP contribution in [0.25, 0.3) is 108 Å². The highest BCUT2D eigenvalue weighted by Gasteiger charge is 2.29. The Morgan fingerprint density at radius 3 is 1.11 bits per heavy atom. The molecular weight excluding hydrogens is 673 g/mol. The number of rotatable bonds is 2. The molecule has 11 aromatic rings. The van der Waals surface area contributed by atoms with Crippen molar-refractivity contribution >= 4 is 86.2 Å². The van der Waals surface area contributed by atoms with Gasteiger partial charge in [0.05, 0.1) is 0 Å². The number of hydrogen-bond donors (Lipinski definition) is 0. The van der Waals surface area contributed by atoms with E-state index in [9.17, 15) is 0 Å². The van der Waals surface area contributed by atoms with Gasteiger partial charge in [-0.05, 0) is 252 Å². The molecule has 0 aliphatic heterocycles. The van der Waals surface area contributed by atoms with E-state index in [1.807, 2.05) is 0 Å². The van der Waals surface area contributed by atoms with E-state index in [2.05, 4.69) is 166 Å². The van der Waals surface area contributed by atoms with Crippen LogP contribution >= 0.6 is 0 Å². The van der Waals surface area contributed by atoms with Crippen LogP contribution in [0.15, 0.2) is 97.1 Å². The minimum absolute atomic E-state index is 1.29. The quantitative estimate of drug-likeness (QED) is 0.156. The summed E-state index contributed by atoms with van der Waals surface area (Å²) < 4.78 is 0. The van der Waals surface area contributed by atoms with Crippen LogP contribution in [0.4, 0.5) is 0 Å². The Morgan fingerprint density at radius 1 is 0.214 bits per heavy atom. The van der Waals surface area contributed by atoms with E-state index in [-0.39, 0.29) is 0 Å². The molecule has 0 nitrogen and oxygen atoms in total. The fourth-order valence-corrected chi connectivity index (χ4v) is 11.1. The first kappa shape index (κ1) is 33.4. The maximum Gasteiger partial charge on any atom is -0.000698 e. The fraction of sp³-hybridized carbons (Fsp3) is 0.179. The molecule has 56 heavy (non-hydrogen) atoms. The molecule has 0 N–H and O–H groups in total. The van der Waals surface area contributed by atoms with Crippen LogP contribution in [0, 0.1) is 69.2 Å². The molecule has 0 aliphatic carbocycles. The maximum absolute atomic E-state index is 2.60. The van der Waals surface area contributed by atoms with Crippen LogP contribution in [-0.4, -0.2) is 0 Å². The minimum Gasteiger partial charge on any atom is -0.0616 e. The summed E-state index contributed by atoms with van der Waals surface area (Å²) in [4.78, 5) is 0. The predicted molar refractivity (Wildman–Crippen MR) is 247 cm³/mol. The van der Waals surface area contributed by atoms with Crippen molar-refractivity contribution in [3.8, 4) is 22.3 Å². The topological polar surface area (TPSA) is 0 Å². The fourth-order valence-electron chi connectivity index (χ4n) is 11.1. The number of hydrogen-bond acceptors (Lipinski definition) is 0. The second-order valence-corrected chi connectivity index (χ2v) is 17.0. The Balaban J connectivity index is 1.54. The molecule has 0 saturated carbocycles. The SMILES string of the molecule is Cc1c(C)c(C)c(-c2c3cc4c(cc3c(-c3c(C)c(C)c(C)c(C)c3C)c3c5cc6ccccc6c6cccc(c23)c65)c2cccc3cccc4c32)c(C)c1C. The van der Waals surface area contributed by atoms with Crippen molar-refractivity contribution in [3.63, 3.8) is 0 Å². The first-order valence-electron chi connectivity index (χ1n) is 20.3. The zero-order valence-electron chi connectivity index (χ0n) is 34.2. The van der Waals surface area contributed by atoms with Gasteiger partial charge in [-0.1, -0.05) is 78.9 Å². The van der Waals surface area contributed by atoms with Gasteiger partial charge in [0.15, 0.2) is 0 Å². The van der Waals surface area contributed by atoms with Gasteiger partial charge in [-0.15, -0.1) is 0 Å². The average Bonchev–Trinajstić information content (AvgIpc) is 3.71. The number of fused-ring (bicyclic) bond motifs is 9. The van der Waals surface area contributed by atoms with E-state index in [4.69, 9.17) is 0 Å². The highest BCUT2D eigenvalue weighted by Crippen LogP contribution is 2.56. The van der Waals surface area contributed by atoms with Crippen molar-refractivity contribution in [2.45, 2.75) is 69.2 Å². The van der Waals surface area contributed by atoms with E-state index in [1.54, 1.807) is 0 Å². The van der Waals surface area contributed by atoms with Crippen LogP contribution in [0.3, 0.4) is 0 Å². The monoisotopic (exact) mass is 718 g/mol. The molecule has 0 heteroatoms. The molecule has 11 rings (SSSR count). The van der Waals surface area contributed by atoms with Gasteiger partial charge >= 0.3 is 0 Å². The normalized spacial score (nSPS) is 12.5. The van der Waals surface area contributed by atoms with E-state index < -0.39 is 0 Å². The van der Waals surface area contributed by atoms with Gasteiger partial charge in [-0.25, -0.2) is 0 Å². The Hall–Kier alpha value is -5.98. The lowest BCUT2D eigenvalue weighted by atomic mass is 9.78. The molecule has 0 atom stereocenters. The van der Waals surface area contributed by atoms with Gasteiger partial charge in [-0.3, -0.25) is 0 Å². The van der Waals surface area contributed by atoms with Crippen LogP contribution in [-0.2, 0) is 0 Å². The van der Waals surface area contributed by atoms with Crippen LogP contribution in [0.1, 0.15) is 55.6 Å². The Bertz CT molecular complexity index is 3490. The molecule has 0 heterocycles. The van der Waals surface area contributed by atoms with Gasteiger partial charge in [-0.2, -0.15) is 0 Å². The lowest BCUT2D eigenvalue weighted by Gasteiger charge is -2.25. The summed E-state index contributed by atoms with van der Waals surface area (Å²) in [6.07, 6.45) is 0. The highest BCUT2D eigenvalue weighted by molar-refractivity contribution is 6.44. The van der Waals surface area contributed by atoms with Crippen molar-refractivity contribution in [2.24, 2.45) is 0 Å². The lowest BCUT2D eigenvalue weighted by Crippen LogP contribution is -2.03. The first-order valence-corrected chi connectivity index (χ1v) is 20.3. The van der Waals surface area contributed by atoms with Crippen LogP contribution in [0.5, 0.6) is 0 Å². The Kier molecular flexibility index (Phi) is 6.73. The van der Waals surface area contributed by atoms with E-state index in [1.165, 1.54) is 164 Å². The molecule has 0 unspecified atom stereocenters. The van der Waals surface area contributed by atoms with Crippen molar-refractivity contribution in [3.05, 3.63) is 153 Å². The smallest absolute Gasteiger partial charge is 0.000698 e. The van der Waals surface area contributed by atoms with Gasteiger partial charge < -0.3 is 0 Å². The molecule has 11 aromatic carbocycles. The molecule has 270 valence electrons. The molecule has 0 radical (unpaired) electrons. The summed E-state index contributed by atoms with van der Waals surface area (Å²) in [7, 11) is 0. The van der Waals surface area contributed by atoms with Crippen molar-refractivity contribution < 1.29 is 0 Å². The first-order chi connectivity index (χ1) is 27.0. The molecule has 0 bridgehead atoms. The second-order valence-electron chi connectivity index (χ2n) is 17.0. The van der Waals surface area contributed by atoms with Gasteiger partial charge in [0, 0.05) is 0 Å².